The first kappa shape index (κ1) is 27.6. The molecule has 4 rings (SSSR count). The minimum absolute atomic E-state index is 0. The van der Waals surface area contributed by atoms with Gasteiger partial charge in [0.25, 0.3) is 0 Å². The summed E-state index contributed by atoms with van der Waals surface area (Å²) in [5.74, 6) is 0.635. The van der Waals surface area contributed by atoms with E-state index in [0.29, 0.717) is 18.3 Å². The van der Waals surface area contributed by atoms with Crippen LogP contribution in [0.25, 0.3) is 0 Å². The van der Waals surface area contributed by atoms with E-state index in [-0.39, 0.29) is 88.2 Å². The van der Waals surface area contributed by atoms with Crippen LogP contribution >= 0.6 is 0 Å². The summed E-state index contributed by atoms with van der Waals surface area (Å²) in [6.07, 6.45) is 5.72. The van der Waals surface area contributed by atoms with Gasteiger partial charge in [-0.05, 0) is 104 Å². The number of hydrogen-bond donors (Lipinski definition) is 3. The van der Waals surface area contributed by atoms with E-state index in [9.17, 15) is 25.2 Å². The summed E-state index contributed by atoms with van der Waals surface area (Å²) >= 11 is 0. The third-order valence-corrected chi connectivity index (χ3v) is 10.3. The Labute approximate surface area is 208 Å². The number of carbonyl (C=O) groups is 1. The zero-order valence-electron chi connectivity index (χ0n) is 19.7. The molecule has 4 aliphatic rings. The van der Waals surface area contributed by atoms with Gasteiger partial charge in [-0.25, -0.2) is 0 Å². The first-order valence-electron chi connectivity index (χ1n) is 11.8. The van der Waals surface area contributed by atoms with E-state index >= 15 is 0 Å². The van der Waals surface area contributed by atoms with Gasteiger partial charge >= 0.3 is 29.6 Å². The molecule has 5 N–H and O–H groups in total. The fourth-order valence-corrected chi connectivity index (χ4v) is 8.68. The summed E-state index contributed by atoms with van der Waals surface area (Å²) in [6.45, 7) is 6.67. The van der Waals surface area contributed by atoms with Crippen molar-refractivity contribution in [1.29, 1.82) is 0 Å². The van der Waals surface area contributed by atoms with Gasteiger partial charge in [0.1, 0.15) is 0 Å². The minimum atomic E-state index is -0.998. The van der Waals surface area contributed by atoms with Gasteiger partial charge in [0, 0.05) is 5.97 Å². The van der Waals surface area contributed by atoms with Crippen molar-refractivity contribution < 1.29 is 60.3 Å². The second kappa shape index (κ2) is 9.89. The molecule has 0 radical (unpaired) electrons. The third kappa shape index (κ3) is 4.40. The number of carbonyl (C=O) groups excluding carboxylic acids is 1. The summed E-state index contributed by atoms with van der Waals surface area (Å²) in [6, 6.07) is 0. The molecule has 6 nitrogen and oxygen atoms in total. The maximum atomic E-state index is 11.5. The van der Waals surface area contributed by atoms with Crippen LogP contribution < -0.4 is 34.7 Å². The average Bonchev–Trinajstić information content (AvgIpc) is 3.01. The summed E-state index contributed by atoms with van der Waals surface area (Å²) in [4.78, 5) is 11.0. The molecule has 31 heavy (non-hydrogen) atoms. The Bertz CT molecular complexity index is 646. The van der Waals surface area contributed by atoms with Crippen LogP contribution in [0.15, 0.2) is 0 Å². The number of aliphatic hydroxyl groups excluding tert-OH is 3. The van der Waals surface area contributed by atoms with Crippen LogP contribution in [0, 0.1) is 46.3 Å². The monoisotopic (exact) mass is 448 g/mol. The number of fused-ring (bicyclic) bond motifs is 5. The van der Waals surface area contributed by atoms with Crippen LogP contribution in [0.1, 0.15) is 78.6 Å². The normalized spacial score (nSPS) is 49.5. The second-order valence-electron chi connectivity index (χ2n) is 11.4. The SMILES string of the molecule is CC(CCC(=O)[O-])[C@@H]1CC[C@@H]2[C@@H]3[C@@H](C[C@@H](O)[C@]21C)[C@]1(C)CC[C@H](O)C[C@@H]1C[C@@H]3O.O.[Na+]. The average molecular weight is 449 g/mol. The molecule has 0 amide bonds. The van der Waals surface area contributed by atoms with Gasteiger partial charge in [-0.15, -0.1) is 0 Å². The van der Waals surface area contributed by atoms with E-state index in [2.05, 4.69) is 20.8 Å². The Morgan fingerprint density at radius 2 is 1.74 bits per heavy atom. The first-order chi connectivity index (χ1) is 13.6. The second-order valence-corrected chi connectivity index (χ2v) is 11.4. The molecule has 4 aliphatic carbocycles. The standard InChI is InChI=1S/C24H40O5.Na.H2O/c1-13(4-7-21(28)29)16-5-6-17-22-18(12-20(27)24(16,17)3)23(2)9-8-15(25)10-14(23)11-19(22)26;;/h13-20,22,25-27H,4-12H2,1-3H3,(H,28,29);;1H2/q;+1;/p-1/t13?,14-,15+,16+,17-,18-,19+,20-,22-,23-,24+;;/m1../s1. The molecule has 4 fully saturated rings. The van der Waals surface area contributed by atoms with E-state index in [1.54, 1.807) is 0 Å². The van der Waals surface area contributed by atoms with Gasteiger partial charge in [0.05, 0.1) is 18.3 Å². The minimum Gasteiger partial charge on any atom is -0.550 e. The van der Waals surface area contributed by atoms with E-state index in [1.165, 1.54) is 0 Å². The van der Waals surface area contributed by atoms with Gasteiger partial charge in [-0.1, -0.05) is 20.8 Å². The smallest absolute Gasteiger partial charge is 0.550 e. The van der Waals surface area contributed by atoms with Crippen molar-refractivity contribution in [3.63, 3.8) is 0 Å². The molecule has 0 aliphatic heterocycles. The van der Waals surface area contributed by atoms with Crippen LogP contribution in [0.4, 0.5) is 0 Å². The number of carboxylic acid groups (broad SMARTS) is 1. The fraction of sp³-hybridized carbons (Fsp3) is 0.958. The summed E-state index contributed by atoms with van der Waals surface area (Å²) in [5.41, 5.74) is -0.172. The molecule has 0 aromatic rings. The molecule has 0 bridgehead atoms. The Kier molecular flexibility index (Phi) is 8.79. The van der Waals surface area contributed by atoms with Gasteiger partial charge < -0.3 is 30.7 Å². The van der Waals surface area contributed by atoms with E-state index in [0.717, 1.165) is 44.9 Å². The van der Waals surface area contributed by atoms with Crippen LogP contribution in [-0.2, 0) is 4.79 Å². The van der Waals surface area contributed by atoms with Crippen LogP contribution in [-0.4, -0.2) is 45.1 Å². The molecular formula is C24H41NaO6. The van der Waals surface area contributed by atoms with Crippen molar-refractivity contribution in [2.75, 3.05) is 0 Å². The molecule has 0 aromatic heterocycles. The number of carboxylic acids is 1. The maximum Gasteiger partial charge on any atom is 1.00 e. The molecule has 4 saturated carbocycles. The van der Waals surface area contributed by atoms with Crippen molar-refractivity contribution >= 4 is 5.97 Å². The van der Waals surface area contributed by atoms with Crippen LogP contribution in [0.3, 0.4) is 0 Å². The van der Waals surface area contributed by atoms with Crippen molar-refractivity contribution in [2.45, 2.75) is 96.9 Å². The number of rotatable bonds is 4. The van der Waals surface area contributed by atoms with Crippen LogP contribution in [0.2, 0.25) is 0 Å². The van der Waals surface area contributed by atoms with E-state index < -0.39 is 12.1 Å². The third-order valence-electron chi connectivity index (χ3n) is 10.3. The maximum absolute atomic E-state index is 11.5. The van der Waals surface area contributed by atoms with Crippen molar-refractivity contribution in [1.82, 2.24) is 0 Å². The fourth-order valence-electron chi connectivity index (χ4n) is 8.68. The van der Waals surface area contributed by atoms with Crippen LogP contribution in [0.5, 0.6) is 0 Å². The number of aliphatic carboxylic acids is 1. The zero-order valence-corrected chi connectivity index (χ0v) is 21.7. The van der Waals surface area contributed by atoms with Gasteiger partial charge in [-0.2, -0.15) is 0 Å². The summed E-state index contributed by atoms with van der Waals surface area (Å²) in [5, 5.41) is 43.9. The van der Waals surface area contributed by atoms with E-state index in [4.69, 9.17) is 0 Å². The molecule has 1 unspecified atom stereocenters. The zero-order chi connectivity index (χ0) is 21.1. The summed E-state index contributed by atoms with van der Waals surface area (Å²) < 4.78 is 0. The largest absolute Gasteiger partial charge is 1.00 e. The predicted octanol–water partition coefficient (Wildman–Crippen LogP) is -1.71. The molecule has 7 heteroatoms. The van der Waals surface area contributed by atoms with E-state index in [1.807, 2.05) is 0 Å². The Morgan fingerprint density at radius 1 is 1.06 bits per heavy atom. The van der Waals surface area contributed by atoms with Gasteiger partial charge in [0.15, 0.2) is 0 Å². The predicted molar refractivity (Wildman–Crippen MR) is 111 cm³/mol. The Balaban J connectivity index is 0.00000171. The summed E-state index contributed by atoms with van der Waals surface area (Å²) in [7, 11) is 0. The van der Waals surface area contributed by atoms with Crippen molar-refractivity contribution in [3.8, 4) is 0 Å². The van der Waals surface area contributed by atoms with Crippen molar-refractivity contribution in [3.05, 3.63) is 0 Å². The van der Waals surface area contributed by atoms with Gasteiger partial charge in [0.2, 0.25) is 0 Å². The molecule has 0 heterocycles. The molecule has 0 saturated heterocycles. The number of hydrogen-bond acceptors (Lipinski definition) is 5. The Hall–Kier alpha value is 0.310. The molecule has 174 valence electrons. The molecule has 0 aromatic carbocycles. The quantitative estimate of drug-likeness (QED) is 0.441. The first-order valence-corrected chi connectivity index (χ1v) is 11.8. The van der Waals surface area contributed by atoms with Gasteiger partial charge in [-0.3, -0.25) is 0 Å². The number of aliphatic hydroxyl groups is 3. The molecular weight excluding hydrogens is 407 g/mol. The molecule has 11 atom stereocenters. The topological polar surface area (TPSA) is 132 Å². The molecule has 0 spiro atoms. The van der Waals surface area contributed by atoms with Crippen molar-refractivity contribution in [2.24, 2.45) is 46.3 Å². The Morgan fingerprint density at radius 3 is 2.39 bits per heavy atom.